The largest absolute Gasteiger partial charge is 0.379 e. The first-order chi connectivity index (χ1) is 13.3. The number of nitrogens with zero attached hydrogens (tertiary/aromatic N) is 2. The minimum absolute atomic E-state index is 0.885. The van der Waals surface area contributed by atoms with Crippen molar-refractivity contribution in [3.05, 3.63) is 65.7 Å². The zero-order valence-electron chi connectivity index (χ0n) is 16.3. The maximum atomic E-state index is 5.41. The molecule has 0 aromatic heterocycles. The summed E-state index contributed by atoms with van der Waals surface area (Å²) >= 11 is 1.84. The molecule has 27 heavy (non-hydrogen) atoms. The van der Waals surface area contributed by atoms with Crippen LogP contribution in [0.3, 0.4) is 0 Å². The molecule has 1 fully saturated rings. The van der Waals surface area contributed by atoms with Crippen LogP contribution in [-0.2, 0) is 17.8 Å². The van der Waals surface area contributed by atoms with Gasteiger partial charge in [0.25, 0.3) is 0 Å². The number of benzene rings is 2. The van der Waals surface area contributed by atoms with Gasteiger partial charge in [0.05, 0.1) is 13.2 Å². The number of hydrogen-bond acceptors (Lipinski definition) is 5. The standard InChI is InChI=1S/C22H31N3OS/c1-24(11-6-12-25-13-15-26-16-14-25)27-22-10-5-9-21(17-22)19-23-18-20-7-3-2-4-8-20/h2-5,7-10,17,23H,6,11-16,18-19H2,1H3. The predicted octanol–water partition coefficient (Wildman–Crippen LogP) is 3.64. The van der Waals surface area contributed by atoms with E-state index in [4.69, 9.17) is 4.74 Å². The Morgan fingerprint density at radius 2 is 1.74 bits per heavy atom. The van der Waals surface area contributed by atoms with Crippen LogP contribution in [0.25, 0.3) is 0 Å². The highest BCUT2D eigenvalue weighted by atomic mass is 32.2. The van der Waals surface area contributed by atoms with Crippen LogP contribution in [0, 0.1) is 0 Å². The molecule has 0 radical (unpaired) electrons. The number of rotatable bonds is 10. The summed E-state index contributed by atoms with van der Waals surface area (Å²) in [5.41, 5.74) is 2.65. The van der Waals surface area contributed by atoms with Gasteiger partial charge in [-0.3, -0.25) is 4.90 Å². The number of hydrogen-bond donors (Lipinski definition) is 1. The molecule has 0 saturated carbocycles. The Labute approximate surface area is 168 Å². The van der Waals surface area contributed by atoms with E-state index in [0.717, 1.165) is 52.5 Å². The maximum Gasteiger partial charge on any atom is 0.0594 e. The van der Waals surface area contributed by atoms with Gasteiger partial charge in [-0.1, -0.05) is 42.5 Å². The molecule has 0 aliphatic carbocycles. The van der Waals surface area contributed by atoms with Crippen molar-refractivity contribution in [2.24, 2.45) is 0 Å². The zero-order valence-corrected chi connectivity index (χ0v) is 17.1. The highest BCUT2D eigenvalue weighted by molar-refractivity contribution is 7.97. The topological polar surface area (TPSA) is 27.7 Å². The lowest BCUT2D eigenvalue weighted by atomic mass is 10.2. The average Bonchev–Trinajstić information content (AvgIpc) is 2.70. The Bertz CT molecular complexity index is 662. The van der Waals surface area contributed by atoms with E-state index in [0.29, 0.717) is 0 Å². The predicted molar refractivity (Wildman–Crippen MR) is 114 cm³/mol. The van der Waals surface area contributed by atoms with Gasteiger partial charge in [0.15, 0.2) is 0 Å². The Hall–Kier alpha value is -1.37. The van der Waals surface area contributed by atoms with Crippen molar-refractivity contribution in [2.45, 2.75) is 24.4 Å². The van der Waals surface area contributed by atoms with Gasteiger partial charge in [0, 0.05) is 37.6 Å². The minimum Gasteiger partial charge on any atom is -0.379 e. The fourth-order valence-corrected chi connectivity index (χ4v) is 4.15. The van der Waals surface area contributed by atoms with Crippen LogP contribution in [0.1, 0.15) is 17.5 Å². The normalized spacial score (nSPS) is 15.3. The third-order valence-corrected chi connectivity index (χ3v) is 5.67. The van der Waals surface area contributed by atoms with Gasteiger partial charge in [-0.25, -0.2) is 4.31 Å². The van der Waals surface area contributed by atoms with E-state index in [-0.39, 0.29) is 0 Å². The minimum atomic E-state index is 0.885. The Morgan fingerprint density at radius 3 is 2.56 bits per heavy atom. The molecule has 1 aliphatic heterocycles. The SMILES string of the molecule is CN(CCCN1CCOCC1)Sc1cccc(CNCc2ccccc2)c1. The molecule has 146 valence electrons. The van der Waals surface area contributed by atoms with Gasteiger partial charge >= 0.3 is 0 Å². The molecule has 1 heterocycles. The molecule has 1 N–H and O–H groups in total. The summed E-state index contributed by atoms with van der Waals surface area (Å²) < 4.78 is 7.75. The van der Waals surface area contributed by atoms with Crippen molar-refractivity contribution in [2.75, 3.05) is 46.4 Å². The Kier molecular flexibility index (Phi) is 8.65. The highest BCUT2D eigenvalue weighted by Gasteiger charge is 2.10. The highest BCUT2D eigenvalue weighted by Crippen LogP contribution is 2.22. The number of ether oxygens (including phenoxy) is 1. The summed E-state index contributed by atoms with van der Waals surface area (Å²) in [4.78, 5) is 3.81. The monoisotopic (exact) mass is 385 g/mol. The van der Waals surface area contributed by atoms with Crippen LogP contribution >= 0.6 is 11.9 Å². The summed E-state index contributed by atoms with van der Waals surface area (Å²) in [5.74, 6) is 0. The van der Waals surface area contributed by atoms with Crippen molar-refractivity contribution < 1.29 is 4.74 Å². The van der Waals surface area contributed by atoms with Crippen LogP contribution in [0.5, 0.6) is 0 Å². The first kappa shape index (κ1) is 20.4. The molecule has 0 unspecified atom stereocenters. The quantitative estimate of drug-likeness (QED) is 0.631. The van der Waals surface area contributed by atoms with Gasteiger partial charge in [-0.15, -0.1) is 0 Å². The Morgan fingerprint density at radius 1 is 1.00 bits per heavy atom. The first-order valence-corrected chi connectivity index (χ1v) is 10.6. The maximum absolute atomic E-state index is 5.41. The fraction of sp³-hybridized carbons (Fsp3) is 0.455. The molecule has 5 heteroatoms. The molecule has 1 saturated heterocycles. The number of morpholine rings is 1. The van der Waals surface area contributed by atoms with Crippen molar-refractivity contribution in [1.82, 2.24) is 14.5 Å². The van der Waals surface area contributed by atoms with Crippen molar-refractivity contribution in [3.63, 3.8) is 0 Å². The molecular weight excluding hydrogens is 354 g/mol. The van der Waals surface area contributed by atoms with E-state index in [9.17, 15) is 0 Å². The molecule has 3 rings (SSSR count). The van der Waals surface area contributed by atoms with E-state index in [1.165, 1.54) is 22.4 Å². The van der Waals surface area contributed by atoms with Gasteiger partial charge in [0.2, 0.25) is 0 Å². The van der Waals surface area contributed by atoms with Gasteiger partial charge in [0.1, 0.15) is 0 Å². The molecule has 0 amide bonds. The van der Waals surface area contributed by atoms with Gasteiger partial charge < -0.3 is 10.1 Å². The van der Waals surface area contributed by atoms with E-state index < -0.39 is 0 Å². The van der Waals surface area contributed by atoms with E-state index in [1.807, 2.05) is 11.9 Å². The van der Waals surface area contributed by atoms with Gasteiger partial charge in [-0.05, 0) is 55.2 Å². The molecule has 1 aliphatic rings. The van der Waals surface area contributed by atoms with Crippen molar-refractivity contribution in [1.29, 1.82) is 0 Å². The van der Waals surface area contributed by atoms with Crippen molar-refractivity contribution >= 4 is 11.9 Å². The van der Waals surface area contributed by atoms with Crippen molar-refractivity contribution in [3.8, 4) is 0 Å². The second-order valence-corrected chi connectivity index (χ2v) is 8.26. The summed E-state index contributed by atoms with van der Waals surface area (Å²) in [6.07, 6.45) is 1.20. The second kappa shape index (κ2) is 11.5. The lowest BCUT2D eigenvalue weighted by molar-refractivity contribution is 0.0371. The fourth-order valence-electron chi connectivity index (χ4n) is 3.23. The van der Waals surface area contributed by atoms with Crippen LogP contribution in [0.15, 0.2) is 59.5 Å². The summed E-state index contributed by atoms with van der Waals surface area (Å²) in [6, 6.07) is 19.4. The molecule has 4 nitrogen and oxygen atoms in total. The number of nitrogens with one attached hydrogen (secondary N) is 1. The summed E-state index contributed by atoms with van der Waals surface area (Å²) in [7, 11) is 2.18. The van der Waals surface area contributed by atoms with Crippen LogP contribution in [0.2, 0.25) is 0 Å². The smallest absolute Gasteiger partial charge is 0.0594 e. The van der Waals surface area contributed by atoms with E-state index in [1.54, 1.807) is 0 Å². The van der Waals surface area contributed by atoms with E-state index >= 15 is 0 Å². The van der Waals surface area contributed by atoms with Crippen LogP contribution in [-0.4, -0.2) is 55.6 Å². The lowest BCUT2D eigenvalue weighted by Gasteiger charge is -2.27. The summed E-state index contributed by atoms with van der Waals surface area (Å²) in [5, 5.41) is 3.53. The van der Waals surface area contributed by atoms with Crippen LogP contribution < -0.4 is 5.32 Å². The van der Waals surface area contributed by atoms with E-state index in [2.05, 4.69) is 76.2 Å². The average molecular weight is 386 g/mol. The lowest BCUT2D eigenvalue weighted by Crippen LogP contribution is -2.37. The third-order valence-electron chi connectivity index (χ3n) is 4.71. The second-order valence-electron chi connectivity index (χ2n) is 6.99. The van der Waals surface area contributed by atoms with Gasteiger partial charge in [-0.2, -0.15) is 0 Å². The molecule has 0 spiro atoms. The Balaban J connectivity index is 1.37. The first-order valence-electron chi connectivity index (χ1n) is 9.82. The molecule has 2 aromatic carbocycles. The molecule has 0 atom stereocenters. The third kappa shape index (κ3) is 7.64. The van der Waals surface area contributed by atoms with Crippen LogP contribution in [0.4, 0.5) is 0 Å². The molecule has 2 aromatic rings. The molecular formula is C22H31N3OS. The zero-order chi connectivity index (χ0) is 18.7. The summed E-state index contributed by atoms with van der Waals surface area (Å²) in [6.45, 7) is 7.98. The molecule has 0 bridgehead atoms.